The van der Waals surface area contributed by atoms with Crippen molar-refractivity contribution in [2.24, 2.45) is 0 Å². The van der Waals surface area contributed by atoms with Crippen LogP contribution in [0.4, 0.5) is 0 Å². The first-order chi connectivity index (χ1) is 9.85. The minimum Gasteiger partial charge on any atom is -0.478 e. The predicted molar refractivity (Wildman–Crippen MR) is 85.9 cm³/mol. The molecule has 0 fully saturated rings. The van der Waals surface area contributed by atoms with Gasteiger partial charge in [0.2, 0.25) is 10.0 Å². The lowest BCUT2D eigenvalue weighted by Gasteiger charge is -2.10. The fourth-order valence-electron chi connectivity index (χ4n) is 1.55. The van der Waals surface area contributed by atoms with Crippen LogP contribution in [0.25, 0.3) is 6.08 Å². The van der Waals surface area contributed by atoms with Crippen LogP contribution in [0, 0.1) is 0 Å². The number of carboxylic acid groups (broad SMARTS) is 1. The minimum absolute atomic E-state index is 0.131. The van der Waals surface area contributed by atoms with Crippen molar-refractivity contribution < 1.29 is 18.3 Å². The van der Waals surface area contributed by atoms with E-state index in [4.69, 9.17) is 5.11 Å². The number of aliphatic carboxylic acids is 1. The number of nitrogens with one attached hydrogen (secondary N) is 1. The van der Waals surface area contributed by atoms with Gasteiger partial charge in [0.15, 0.2) is 0 Å². The summed E-state index contributed by atoms with van der Waals surface area (Å²) >= 11 is 1.68. The van der Waals surface area contributed by atoms with Crippen molar-refractivity contribution in [1.29, 1.82) is 0 Å². The van der Waals surface area contributed by atoms with Crippen molar-refractivity contribution in [1.82, 2.24) is 4.72 Å². The summed E-state index contributed by atoms with van der Waals surface area (Å²) in [6.45, 7) is 2.41. The van der Waals surface area contributed by atoms with Gasteiger partial charge in [-0.15, -0.1) is 0 Å². The second-order valence-electron chi connectivity index (χ2n) is 4.48. The molecule has 0 radical (unpaired) electrons. The molecular weight excluding hydrogens is 310 g/mol. The van der Waals surface area contributed by atoms with E-state index in [-0.39, 0.29) is 4.90 Å². The molecule has 0 spiro atoms. The van der Waals surface area contributed by atoms with Gasteiger partial charge in [-0.25, -0.2) is 17.9 Å². The Bertz CT molecular complexity index is 611. The predicted octanol–water partition coefficient (Wildman–Crippen LogP) is 2.20. The molecule has 1 rings (SSSR count). The Morgan fingerprint density at radius 2 is 2.19 bits per heavy atom. The maximum Gasteiger partial charge on any atom is 0.328 e. The lowest BCUT2D eigenvalue weighted by molar-refractivity contribution is -0.131. The number of rotatable bonds is 8. The van der Waals surface area contributed by atoms with Gasteiger partial charge in [-0.1, -0.05) is 19.1 Å². The summed E-state index contributed by atoms with van der Waals surface area (Å²) in [7, 11) is -3.57. The standard InChI is InChI=1S/C14H19NO4S2/c1-11(20-2)8-9-15-21(18,19)13-5-3-4-12(10-13)6-7-14(16)17/h3-7,10-11,15H,8-9H2,1-2H3,(H,16,17)/b7-6+. The van der Waals surface area contributed by atoms with Crippen molar-refractivity contribution in [3.8, 4) is 0 Å². The number of sulfonamides is 1. The molecule has 2 N–H and O–H groups in total. The van der Waals surface area contributed by atoms with Crippen molar-refractivity contribution in [3.63, 3.8) is 0 Å². The van der Waals surface area contributed by atoms with E-state index in [1.165, 1.54) is 18.2 Å². The number of hydrogen-bond donors (Lipinski definition) is 2. The summed E-state index contributed by atoms with van der Waals surface area (Å²) in [4.78, 5) is 10.6. The Hall–Kier alpha value is -1.31. The minimum atomic E-state index is -3.57. The van der Waals surface area contributed by atoms with Gasteiger partial charge in [-0.2, -0.15) is 11.8 Å². The van der Waals surface area contributed by atoms with Crippen LogP contribution < -0.4 is 4.72 Å². The van der Waals surface area contributed by atoms with Crippen LogP contribution in [0.15, 0.2) is 35.2 Å². The lowest BCUT2D eigenvalue weighted by atomic mass is 10.2. The highest BCUT2D eigenvalue weighted by molar-refractivity contribution is 7.99. The third-order valence-corrected chi connectivity index (χ3v) is 5.33. The highest BCUT2D eigenvalue weighted by atomic mass is 32.2. The van der Waals surface area contributed by atoms with Gasteiger partial charge >= 0.3 is 5.97 Å². The van der Waals surface area contributed by atoms with Gasteiger partial charge in [0.1, 0.15) is 0 Å². The number of hydrogen-bond acceptors (Lipinski definition) is 4. The second kappa shape index (κ2) is 8.21. The van der Waals surface area contributed by atoms with Crippen LogP contribution in [0.3, 0.4) is 0 Å². The third kappa shape index (κ3) is 6.33. The van der Waals surface area contributed by atoms with Gasteiger partial charge in [0.25, 0.3) is 0 Å². The molecule has 0 heterocycles. The van der Waals surface area contributed by atoms with E-state index in [0.29, 0.717) is 17.4 Å². The van der Waals surface area contributed by atoms with E-state index in [2.05, 4.69) is 4.72 Å². The highest BCUT2D eigenvalue weighted by Gasteiger charge is 2.14. The Kier molecular flexibility index (Phi) is 6.94. The zero-order chi connectivity index (χ0) is 15.9. The lowest BCUT2D eigenvalue weighted by Crippen LogP contribution is -2.26. The van der Waals surface area contributed by atoms with Crippen LogP contribution in [0.2, 0.25) is 0 Å². The molecule has 0 aliphatic carbocycles. The molecule has 0 aliphatic heterocycles. The molecule has 0 amide bonds. The average molecular weight is 329 g/mol. The molecule has 5 nitrogen and oxygen atoms in total. The second-order valence-corrected chi connectivity index (χ2v) is 7.52. The number of carbonyl (C=O) groups is 1. The average Bonchev–Trinajstić information content (AvgIpc) is 2.45. The normalized spacial score (nSPS) is 13.4. The van der Waals surface area contributed by atoms with Gasteiger partial charge in [0, 0.05) is 17.9 Å². The monoisotopic (exact) mass is 329 g/mol. The zero-order valence-electron chi connectivity index (χ0n) is 11.9. The number of benzene rings is 1. The van der Waals surface area contributed by atoms with E-state index >= 15 is 0 Å². The Balaban J connectivity index is 2.79. The summed E-state index contributed by atoms with van der Waals surface area (Å²) in [6.07, 6.45) is 5.06. The Labute approximate surface area is 129 Å². The fourth-order valence-corrected chi connectivity index (χ4v) is 3.01. The molecule has 21 heavy (non-hydrogen) atoms. The molecule has 1 unspecified atom stereocenters. The van der Waals surface area contributed by atoms with Crippen molar-refractivity contribution in [2.45, 2.75) is 23.5 Å². The van der Waals surface area contributed by atoms with E-state index in [1.54, 1.807) is 23.9 Å². The maximum absolute atomic E-state index is 12.1. The first-order valence-corrected chi connectivity index (χ1v) is 9.16. The van der Waals surface area contributed by atoms with Crippen molar-refractivity contribution >= 4 is 33.8 Å². The third-order valence-electron chi connectivity index (χ3n) is 2.83. The number of carboxylic acids is 1. The first kappa shape index (κ1) is 17.7. The van der Waals surface area contributed by atoms with E-state index < -0.39 is 16.0 Å². The maximum atomic E-state index is 12.1. The van der Waals surface area contributed by atoms with Crippen molar-refractivity contribution in [2.75, 3.05) is 12.8 Å². The first-order valence-electron chi connectivity index (χ1n) is 6.38. The molecule has 1 aromatic carbocycles. The fraction of sp³-hybridized carbons (Fsp3) is 0.357. The van der Waals surface area contributed by atoms with Gasteiger partial charge in [0.05, 0.1) is 4.90 Å². The molecule has 7 heteroatoms. The SMILES string of the molecule is CSC(C)CCNS(=O)(=O)c1cccc(/C=C/C(=O)O)c1. The molecule has 0 aliphatic rings. The van der Waals surface area contributed by atoms with Gasteiger partial charge < -0.3 is 5.11 Å². The molecular formula is C14H19NO4S2. The quantitative estimate of drug-likeness (QED) is 0.714. The summed E-state index contributed by atoms with van der Waals surface area (Å²) in [5.74, 6) is -1.08. The molecule has 116 valence electrons. The Morgan fingerprint density at radius 3 is 2.81 bits per heavy atom. The molecule has 0 aromatic heterocycles. The van der Waals surface area contributed by atoms with Gasteiger partial charge in [-0.05, 0) is 36.4 Å². The zero-order valence-corrected chi connectivity index (χ0v) is 13.6. The molecule has 0 saturated heterocycles. The molecule has 1 aromatic rings. The van der Waals surface area contributed by atoms with Crippen LogP contribution in [0.5, 0.6) is 0 Å². The van der Waals surface area contributed by atoms with Crippen LogP contribution in [0.1, 0.15) is 18.9 Å². The topological polar surface area (TPSA) is 83.5 Å². The van der Waals surface area contributed by atoms with E-state index in [9.17, 15) is 13.2 Å². The largest absolute Gasteiger partial charge is 0.478 e. The summed E-state index contributed by atoms with van der Waals surface area (Å²) in [6, 6.07) is 6.16. The van der Waals surface area contributed by atoms with E-state index in [0.717, 1.165) is 12.5 Å². The van der Waals surface area contributed by atoms with Crippen LogP contribution in [-0.4, -0.2) is 37.5 Å². The highest BCUT2D eigenvalue weighted by Crippen LogP contribution is 2.14. The summed E-state index contributed by atoms with van der Waals surface area (Å²) < 4.78 is 26.8. The van der Waals surface area contributed by atoms with Crippen molar-refractivity contribution in [3.05, 3.63) is 35.9 Å². The number of thioether (sulfide) groups is 1. The van der Waals surface area contributed by atoms with Crippen LogP contribution in [-0.2, 0) is 14.8 Å². The summed E-state index contributed by atoms with van der Waals surface area (Å²) in [5.41, 5.74) is 0.526. The summed E-state index contributed by atoms with van der Waals surface area (Å²) in [5, 5.41) is 8.96. The Morgan fingerprint density at radius 1 is 1.48 bits per heavy atom. The molecule has 1 atom stereocenters. The van der Waals surface area contributed by atoms with E-state index in [1.807, 2.05) is 13.2 Å². The molecule has 0 bridgehead atoms. The smallest absolute Gasteiger partial charge is 0.328 e. The molecule has 0 saturated carbocycles. The van der Waals surface area contributed by atoms with Gasteiger partial charge in [-0.3, -0.25) is 0 Å². The van der Waals surface area contributed by atoms with Crippen LogP contribution >= 0.6 is 11.8 Å².